The molecule has 4 aromatic rings. The molecule has 0 bridgehead atoms. The number of aryl methyl sites for hydroxylation is 1. The molecule has 1 N–H and O–H groups in total. The predicted octanol–water partition coefficient (Wildman–Crippen LogP) is 5.46. The number of nitrogens with zero attached hydrogens (tertiary/aromatic N) is 3. The van der Waals surface area contributed by atoms with Gasteiger partial charge in [-0.25, -0.2) is 0 Å². The number of aromatic nitrogens is 3. The normalized spacial score (nSPS) is 10.7. The number of hydrogen-bond acceptors (Lipinski definition) is 5. The highest BCUT2D eigenvalue weighted by atomic mass is 32.1. The van der Waals surface area contributed by atoms with Crippen molar-refractivity contribution in [2.45, 2.75) is 20.0 Å². The first-order valence-electron chi connectivity index (χ1n) is 10.3. The lowest BCUT2D eigenvalue weighted by molar-refractivity contribution is 0.354. The highest BCUT2D eigenvalue weighted by Gasteiger charge is 2.13. The Bertz CT molecular complexity index is 1260. The molecule has 0 unspecified atom stereocenters. The third-order valence-electron chi connectivity index (χ3n) is 5.30. The summed E-state index contributed by atoms with van der Waals surface area (Å²) in [5, 5.41) is 6.86. The summed E-state index contributed by atoms with van der Waals surface area (Å²) in [6.07, 6.45) is 1.70. The second-order valence-electron chi connectivity index (χ2n) is 7.59. The van der Waals surface area contributed by atoms with Crippen molar-refractivity contribution in [3.05, 3.63) is 94.5 Å². The Morgan fingerprint density at radius 2 is 1.66 bits per heavy atom. The van der Waals surface area contributed by atoms with Crippen LogP contribution in [0.3, 0.4) is 0 Å². The lowest BCUT2D eigenvalue weighted by Gasteiger charge is -2.26. The van der Waals surface area contributed by atoms with Gasteiger partial charge in [0, 0.05) is 18.8 Å². The van der Waals surface area contributed by atoms with Crippen molar-refractivity contribution in [3.8, 4) is 17.2 Å². The van der Waals surface area contributed by atoms with Gasteiger partial charge >= 0.3 is 0 Å². The highest BCUT2D eigenvalue weighted by Crippen LogP contribution is 2.30. The second kappa shape index (κ2) is 9.70. The molecule has 6 nitrogen and oxygen atoms in total. The molecule has 0 spiro atoms. The van der Waals surface area contributed by atoms with E-state index in [1.54, 1.807) is 20.5 Å². The molecule has 0 atom stereocenters. The molecule has 32 heavy (non-hydrogen) atoms. The van der Waals surface area contributed by atoms with E-state index in [1.807, 2.05) is 28.8 Å². The number of anilines is 1. The van der Waals surface area contributed by atoms with Gasteiger partial charge in [0.25, 0.3) is 0 Å². The Labute approximate surface area is 193 Å². The highest BCUT2D eigenvalue weighted by molar-refractivity contribution is 7.71. The van der Waals surface area contributed by atoms with E-state index in [0.29, 0.717) is 11.3 Å². The van der Waals surface area contributed by atoms with Gasteiger partial charge in [0.2, 0.25) is 0 Å². The van der Waals surface area contributed by atoms with E-state index in [1.165, 1.54) is 11.1 Å². The minimum atomic E-state index is 0.562. The molecule has 0 saturated carbocycles. The first-order chi connectivity index (χ1) is 15.6. The molecule has 0 aliphatic heterocycles. The van der Waals surface area contributed by atoms with Gasteiger partial charge in [-0.05, 0) is 60.6 Å². The van der Waals surface area contributed by atoms with Gasteiger partial charge in [-0.3, -0.25) is 9.67 Å². The van der Waals surface area contributed by atoms with Crippen LogP contribution in [0.1, 0.15) is 16.7 Å². The monoisotopic (exact) mass is 446 g/mol. The fraction of sp³-hybridized carbons (Fsp3) is 0.200. The van der Waals surface area contributed by atoms with Crippen molar-refractivity contribution in [2.75, 3.05) is 19.1 Å². The summed E-state index contributed by atoms with van der Waals surface area (Å²) in [4.78, 5) is 2.34. The lowest BCUT2D eigenvalue weighted by Crippen LogP contribution is -2.22. The lowest BCUT2D eigenvalue weighted by atomic mass is 10.1. The van der Waals surface area contributed by atoms with Gasteiger partial charge in [-0.1, -0.05) is 42.0 Å². The Balaban J connectivity index is 1.71. The molecule has 0 saturated heterocycles. The number of aromatic amines is 1. The summed E-state index contributed by atoms with van der Waals surface area (Å²) in [6, 6.07) is 22.9. The third-order valence-corrected chi connectivity index (χ3v) is 5.59. The second-order valence-corrected chi connectivity index (χ2v) is 7.97. The number of nitrogens with one attached hydrogen (secondary N) is 1. The van der Waals surface area contributed by atoms with E-state index in [0.717, 1.165) is 35.0 Å². The van der Waals surface area contributed by atoms with Crippen LogP contribution >= 0.6 is 12.2 Å². The van der Waals surface area contributed by atoms with Crippen molar-refractivity contribution in [3.63, 3.8) is 0 Å². The standard InChI is InChI=1S/C25H26N4O2S/c1-18-6-4-7-19(12-18)15-28(16-20-10-11-23(30-2)24(13-20)31-3)21-8-5-9-22(14-21)29-17-26-27-25(29)32/h4-14,17H,15-16H2,1-3H3,(H,27,32). The average Bonchev–Trinajstić information content (AvgIpc) is 3.24. The maximum Gasteiger partial charge on any atom is 0.199 e. The zero-order chi connectivity index (χ0) is 22.5. The number of H-pyrrole nitrogens is 1. The summed E-state index contributed by atoms with van der Waals surface area (Å²) in [6.45, 7) is 3.58. The van der Waals surface area contributed by atoms with Crippen LogP contribution in [0.15, 0.2) is 73.1 Å². The van der Waals surface area contributed by atoms with Crippen molar-refractivity contribution < 1.29 is 9.47 Å². The Kier molecular flexibility index (Phi) is 6.56. The largest absolute Gasteiger partial charge is 0.493 e. The van der Waals surface area contributed by atoms with Gasteiger partial charge in [-0.15, -0.1) is 0 Å². The Morgan fingerprint density at radius 1 is 0.906 bits per heavy atom. The fourth-order valence-corrected chi connectivity index (χ4v) is 3.95. The first-order valence-corrected chi connectivity index (χ1v) is 10.7. The van der Waals surface area contributed by atoms with Gasteiger partial charge < -0.3 is 14.4 Å². The molecule has 0 aliphatic rings. The van der Waals surface area contributed by atoms with Gasteiger partial charge in [0.05, 0.1) is 19.9 Å². The topological polar surface area (TPSA) is 55.3 Å². The molecular formula is C25H26N4O2S. The number of benzene rings is 3. The molecule has 1 aromatic heterocycles. The van der Waals surface area contributed by atoms with Gasteiger partial charge in [0.1, 0.15) is 6.33 Å². The first kappa shape index (κ1) is 21.6. The van der Waals surface area contributed by atoms with Crippen LogP contribution in [0.25, 0.3) is 5.69 Å². The zero-order valence-electron chi connectivity index (χ0n) is 18.4. The fourth-order valence-electron chi connectivity index (χ4n) is 3.74. The minimum Gasteiger partial charge on any atom is -0.493 e. The molecule has 0 amide bonds. The molecule has 164 valence electrons. The van der Waals surface area contributed by atoms with Crippen LogP contribution in [-0.4, -0.2) is 29.0 Å². The number of rotatable bonds is 8. The van der Waals surface area contributed by atoms with E-state index in [4.69, 9.17) is 21.7 Å². The van der Waals surface area contributed by atoms with Crippen LogP contribution < -0.4 is 14.4 Å². The predicted molar refractivity (Wildman–Crippen MR) is 129 cm³/mol. The van der Waals surface area contributed by atoms with Gasteiger partial charge in [-0.2, -0.15) is 5.10 Å². The summed E-state index contributed by atoms with van der Waals surface area (Å²) >= 11 is 5.36. The maximum atomic E-state index is 5.51. The van der Waals surface area contributed by atoms with Crippen molar-refractivity contribution >= 4 is 17.9 Å². The Hall–Kier alpha value is -3.58. The van der Waals surface area contributed by atoms with Crippen molar-refractivity contribution in [1.29, 1.82) is 0 Å². The van der Waals surface area contributed by atoms with Crippen LogP contribution in [0.5, 0.6) is 11.5 Å². The number of hydrogen-bond donors (Lipinski definition) is 1. The van der Waals surface area contributed by atoms with Crippen molar-refractivity contribution in [1.82, 2.24) is 14.8 Å². The number of ether oxygens (including phenoxy) is 2. The summed E-state index contributed by atoms with van der Waals surface area (Å²) < 4.78 is 13.3. The number of methoxy groups -OCH3 is 2. The van der Waals surface area contributed by atoms with E-state index < -0.39 is 0 Å². The maximum absolute atomic E-state index is 5.51. The summed E-state index contributed by atoms with van der Waals surface area (Å²) in [5.74, 6) is 1.44. The van der Waals surface area contributed by atoms with E-state index in [-0.39, 0.29) is 0 Å². The van der Waals surface area contributed by atoms with Crippen LogP contribution in [0.4, 0.5) is 5.69 Å². The molecule has 0 radical (unpaired) electrons. The molecule has 0 aliphatic carbocycles. The molecule has 4 rings (SSSR count). The van der Waals surface area contributed by atoms with E-state index >= 15 is 0 Å². The van der Waals surface area contributed by atoms with E-state index in [2.05, 4.69) is 64.5 Å². The quantitative estimate of drug-likeness (QED) is 0.364. The molecule has 7 heteroatoms. The van der Waals surface area contributed by atoms with Crippen molar-refractivity contribution in [2.24, 2.45) is 0 Å². The third kappa shape index (κ3) is 4.84. The summed E-state index contributed by atoms with van der Waals surface area (Å²) in [5.41, 5.74) is 5.66. The van der Waals surface area contributed by atoms with E-state index in [9.17, 15) is 0 Å². The smallest absolute Gasteiger partial charge is 0.199 e. The van der Waals surface area contributed by atoms with Crippen LogP contribution in [-0.2, 0) is 13.1 Å². The molecule has 0 fully saturated rings. The summed E-state index contributed by atoms with van der Waals surface area (Å²) in [7, 11) is 3.30. The molecule has 1 heterocycles. The molecule has 3 aromatic carbocycles. The van der Waals surface area contributed by atoms with Gasteiger partial charge in [0.15, 0.2) is 16.3 Å². The average molecular weight is 447 g/mol. The van der Waals surface area contributed by atoms with Crippen LogP contribution in [0.2, 0.25) is 0 Å². The van der Waals surface area contributed by atoms with Crippen LogP contribution in [0, 0.1) is 11.7 Å². The Morgan fingerprint density at radius 3 is 2.34 bits per heavy atom. The zero-order valence-corrected chi connectivity index (χ0v) is 19.2. The molecular weight excluding hydrogens is 420 g/mol. The SMILES string of the molecule is COc1ccc(CN(Cc2cccc(C)c2)c2cccc(-n3cn[nH]c3=S)c2)cc1OC. The minimum absolute atomic E-state index is 0.562.